The van der Waals surface area contributed by atoms with Crippen molar-refractivity contribution in [3.63, 3.8) is 0 Å². The fraction of sp³-hybridized carbons (Fsp3) is 0.917. The van der Waals surface area contributed by atoms with E-state index in [1.807, 2.05) is 6.08 Å². The van der Waals surface area contributed by atoms with Gasteiger partial charge in [-0.25, -0.2) is 4.79 Å². The minimum absolute atomic E-state index is 0.0104. The fourth-order valence-electron chi connectivity index (χ4n) is 3.33. The normalized spacial score (nSPS) is 27.1. The molecule has 14 heavy (non-hydrogen) atoms. The Morgan fingerprint density at radius 1 is 1.00 bits per heavy atom. The van der Waals surface area contributed by atoms with Crippen molar-refractivity contribution in [1.29, 1.82) is 0 Å². The minimum Gasteiger partial charge on any atom is -0.211 e. The largest absolute Gasteiger partial charge is 0.235 e. The molecule has 2 heteroatoms. The first-order valence-electron chi connectivity index (χ1n) is 5.96. The van der Waals surface area contributed by atoms with Crippen LogP contribution >= 0.6 is 0 Å². The lowest BCUT2D eigenvalue weighted by Crippen LogP contribution is -2.36. The lowest BCUT2D eigenvalue weighted by atomic mass is 9.72. The zero-order valence-corrected chi connectivity index (χ0v) is 8.80. The highest BCUT2D eigenvalue weighted by Crippen LogP contribution is 2.44. The van der Waals surface area contributed by atoms with E-state index in [-0.39, 0.29) is 5.54 Å². The third-order valence-electron chi connectivity index (χ3n) is 4.10. The van der Waals surface area contributed by atoms with Crippen LogP contribution in [0.3, 0.4) is 0 Å². The maximum absolute atomic E-state index is 10.5. The first kappa shape index (κ1) is 9.92. The summed E-state index contributed by atoms with van der Waals surface area (Å²) in [5.41, 5.74) is 0.0104. The van der Waals surface area contributed by atoms with Crippen LogP contribution in [0, 0.1) is 5.92 Å². The molecule has 2 fully saturated rings. The van der Waals surface area contributed by atoms with Crippen LogP contribution in [0.25, 0.3) is 0 Å². The third kappa shape index (κ3) is 1.76. The van der Waals surface area contributed by atoms with Crippen LogP contribution in [-0.2, 0) is 4.79 Å². The number of aliphatic imine (C=N–C) groups is 1. The van der Waals surface area contributed by atoms with Crippen LogP contribution in [0.15, 0.2) is 4.99 Å². The lowest BCUT2D eigenvalue weighted by molar-refractivity contribution is 0.201. The van der Waals surface area contributed by atoms with E-state index in [2.05, 4.69) is 4.99 Å². The van der Waals surface area contributed by atoms with Gasteiger partial charge in [-0.05, 0) is 31.6 Å². The quantitative estimate of drug-likeness (QED) is 0.489. The van der Waals surface area contributed by atoms with Gasteiger partial charge in [-0.15, -0.1) is 0 Å². The second kappa shape index (κ2) is 4.27. The number of rotatable bonds is 2. The average molecular weight is 193 g/mol. The second-order valence-corrected chi connectivity index (χ2v) is 4.85. The molecule has 78 valence electrons. The van der Waals surface area contributed by atoms with Gasteiger partial charge in [0.05, 0.1) is 5.54 Å². The monoisotopic (exact) mass is 193 g/mol. The highest BCUT2D eigenvalue weighted by molar-refractivity contribution is 5.35. The minimum atomic E-state index is 0.0104. The molecule has 0 aliphatic heterocycles. The van der Waals surface area contributed by atoms with Crippen molar-refractivity contribution in [3.05, 3.63) is 0 Å². The summed E-state index contributed by atoms with van der Waals surface area (Å²) < 4.78 is 0. The van der Waals surface area contributed by atoms with Gasteiger partial charge >= 0.3 is 0 Å². The molecule has 0 aromatic heterocycles. The van der Waals surface area contributed by atoms with Crippen molar-refractivity contribution in [2.45, 2.75) is 63.3 Å². The zero-order valence-electron chi connectivity index (χ0n) is 8.80. The van der Waals surface area contributed by atoms with Gasteiger partial charge in [0, 0.05) is 0 Å². The van der Waals surface area contributed by atoms with Crippen LogP contribution in [-0.4, -0.2) is 11.6 Å². The Labute approximate surface area is 85.8 Å². The van der Waals surface area contributed by atoms with E-state index in [1.54, 1.807) is 0 Å². The molecular formula is C12H19NO. The van der Waals surface area contributed by atoms with E-state index in [1.165, 1.54) is 44.9 Å². The Hall–Kier alpha value is -0.620. The predicted octanol–water partition coefficient (Wildman–Crippen LogP) is 3.22. The van der Waals surface area contributed by atoms with E-state index in [9.17, 15) is 4.79 Å². The summed E-state index contributed by atoms with van der Waals surface area (Å²) in [7, 11) is 0. The van der Waals surface area contributed by atoms with Crippen LogP contribution in [0.5, 0.6) is 0 Å². The number of nitrogens with zero attached hydrogens (tertiary/aromatic N) is 1. The molecule has 2 aliphatic rings. The molecule has 0 unspecified atom stereocenters. The van der Waals surface area contributed by atoms with Crippen molar-refractivity contribution in [2.24, 2.45) is 10.9 Å². The summed E-state index contributed by atoms with van der Waals surface area (Å²) in [4.78, 5) is 14.7. The van der Waals surface area contributed by atoms with E-state index < -0.39 is 0 Å². The number of carbonyl (C=O) groups excluding carboxylic acids is 1. The fourth-order valence-corrected chi connectivity index (χ4v) is 3.33. The maximum Gasteiger partial charge on any atom is 0.235 e. The van der Waals surface area contributed by atoms with E-state index >= 15 is 0 Å². The standard InChI is InChI=1S/C12H19NO/c14-10-13-12(8-4-1-5-9-12)11-6-2-3-7-11/h11H,1-9H2. The molecule has 0 radical (unpaired) electrons. The van der Waals surface area contributed by atoms with Crippen molar-refractivity contribution in [3.8, 4) is 0 Å². The second-order valence-electron chi connectivity index (χ2n) is 4.85. The van der Waals surface area contributed by atoms with Gasteiger partial charge in [-0.1, -0.05) is 32.1 Å². The average Bonchev–Trinajstić information content (AvgIpc) is 2.73. The summed E-state index contributed by atoms with van der Waals surface area (Å²) >= 11 is 0. The Kier molecular flexibility index (Phi) is 3.02. The Morgan fingerprint density at radius 3 is 2.21 bits per heavy atom. The number of hydrogen-bond donors (Lipinski definition) is 0. The Bertz CT molecular complexity index is 231. The predicted molar refractivity (Wildman–Crippen MR) is 55.9 cm³/mol. The molecule has 0 saturated heterocycles. The summed E-state index contributed by atoms with van der Waals surface area (Å²) in [6.45, 7) is 0. The van der Waals surface area contributed by atoms with Crippen LogP contribution in [0.2, 0.25) is 0 Å². The maximum atomic E-state index is 10.5. The zero-order chi connectivity index (χ0) is 9.86. The van der Waals surface area contributed by atoms with Crippen molar-refractivity contribution in [1.82, 2.24) is 0 Å². The first-order valence-corrected chi connectivity index (χ1v) is 5.96. The van der Waals surface area contributed by atoms with Gasteiger partial charge in [0.25, 0.3) is 0 Å². The molecule has 2 saturated carbocycles. The molecule has 0 N–H and O–H groups in total. The van der Waals surface area contributed by atoms with Crippen molar-refractivity contribution >= 4 is 6.08 Å². The molecule has 0 heterocycles. The topological polar surface area (TPSA) is 29.4 Å². The van der Waals surface area contributed by atoms with Crippen molar-refractivity contribution in [2.75, 3.05) is 0 Å². The highest BCUT2D eigenvalue weighted by Gasteiger charge is 2.40. The van der Waals surface area contributed by atoms with Gasteiger partial charge in [0.2, 0.25) is 6.08 Å². The molecule has 0 spiro atoms. The lowest BCUT2D eigenvalue weighted by Gasteiger charge is -2.37. The van der Waals surface area contributed by atoms with Gasteiger partial charge in [-0.2, -0.15) is 4.99 Å². The Morgan fingerprint density at radius 2 is 1.64 bits per heavy atom. The molecule has 0 atom stereocenters. The smallest absolute Gasteiger partial charge is 0.211 e. The van der Waals surface area contributed by atoms with E-state index in [4.69, 9.17) is 0 Å². The SMILES string of the molecule is O=C=NC1(C2CCCC2)CCCCC1. The summed E-state index contributed by atoms with van der Waals surface area (Å²) in [5, 5.41) is 0. The van der Waals surface area contributed by atoms with E-state index in [0.29, 0.717) is 5.92 Å². The molecule has 0 aromatic carbocycles. The molecule has 2 rings (SSSR count). The van der Waals surface area contributed by atoms with Gasteiger partial charge in [-0.3, -0.25) is 0 Å². The Balaban J connectivity index is 2.14. The number of isocyanates is 1. The third-order valence-corrected chi connectivity index (χ3v) is 4.10. The molecule has 0 aromatic rings. The highest BCUT2D eigenvalue weighted by atomic mass is 16.1. The van der Waals surface area contributed by atoms with Crippen LogP contribution in [0.1, 0.15) is 57.8 Å². The summed E-state index contributed by atoms with van der Waals surface area (Å²) in [5.74, 6) is 0.684. The summed E-state index contributed by atoms with van der Waals surface area (Å²) in [6.07, 6.45) is 13.2. The first-order chi connectivity index (χ1) is 6.87. The molecular weight excluding hydrogens is 174 g/mol. The van der Waals surface area contributed by atoms with Gasteiger partial charge < -0.3 is 0 Å². The molecule has 2 aliphatic carbocycles. The van der Waals surface area contributed by atoms with Crippen LogP contribution in [0.4, 0.5) is 0 Å². The van der Waals surface area contributed by atoms with Gasteiger partial charge in [0.15, 0.2) is 0 Å². The van der Waals surface area contributed by atoms with Crippen molar-refractivity contribution < 1.29 is 4.79 Å². The summed E-state index contributed by atoms with van der Waals surface area (Å²) in [6, 6.07) is 0. The molecule has 0 bridgehead atoms. The van der Waals surface area contributed by atoms with Crippen LogP contribution < -0.4 is 0 Å². The van der Waals surface area contributed by atoms with Gasteiger partial charge in [0.1, 0.15) is 0 Å². The molecule has 2 nitrogen and oxygen atoms in total. The number of hydrogen-bond acceptors (Lipinski definition) is 2. The van der Waals surface area contributed by atoms with E-state index in [0.717, 1.165) is 12.8 Å². The molecule has 0 amide bonds.